The third-order valence-corrected chi connectivity index (χ3v) is 3.74. The van der Waals surface area contributed by atoms with Crippen LogP contribution in [0.1, 0.15) is 41.5 Å². The zero-order chi connectivity index (χ0) is 19.5. The molecule has 1 atom stereocenters. The molecule has 0 saturated heterocycles. The summed E-state index contributed by atoms with van der Waals surface area (Å²) in [6.45, 7) is 3.32. The van der Waals surface area contributed by atoms with E-state index in [9.17, 15) is 22.8 Å². The lowest BCUT2D eigenvalue weighted by molar-refractivity contribution is -0.139. The molecule has 1 aromatic heterocycles. The summed E-state index contributed by atoms with van der Waals surface area (Å²) in [7, 11) is 0. The number of imidazole rings is 1. The lowest BCUT2D eigenvalue weighted by Gasteiger charge is -2.12. The number of aryl methyl sites for hydroxylation is 1. The Morgan fingerprint density at radius 3 is 2.62 bits per heavy atom. The zero-order valence-electron chi connectivity index (χ0n) is 14.1. The standard InChI is InChI=1S/C17H18F3N3O3/c1-3-5-12(16(25)26)22-15(24)13-9(2)21-14(23-13)10-6-4-7-11(8-10)17(18,19)20/h4,6-8,12H,3,5H2,1-2H3,(H,21,23)(H,22,24)(H,25,26). The topological polar surface area (TPSA) is 95.1 Å². The minimum Gasteiger partial charge on any atom is -0.480 e. The Hall–Kier alpha value is -2.84. The van der Waals surface area contributed by atoms with Gasteiger partial charge in [0.2, 0.25) is 0 Å². The summed E-state index contributed by atoms with van der Waals surface area (Å²) in [4.78, 5) is 30.3. The van der Waals surface area contributed by atoms with Gasteiger partial charge in [0.15, 0.2) is 0 Å². The summed E-state index contributed by atoms with van der Waals surface area (Å²) < 4.78 is 38.5. The highest BCUT2D eigenvalue weighted by Gasteiger charge is 2.31. The van der Waals surface area contributed by atoms with Gasteiger partial charge in [0.25, 0.3) is 5.91 Å². The first-order chi connectivity index (χ1) is 12.1. The first-order valence-corrected chi connectivity index (χ1v) is 7.91. The molecular weight excluding hydrogens is 351 g/mol. The van der Waals surface area contributed by atoms with E-state index in [-0.39, 0.29) is 23.5 Å². The number of carbonyl (C=O) groups is 2. The van der Waals surface area contributed by atoms with E-state index in [4.69, 9.17) is 5.11 Å². The fourth-order valence-electron chi connectivity index (χ4n) is 2.43. The summed E-state index contributed by atoms with van der Waals surface area (Å²) in [5.41, 5.74) is -0.385. The predicted molar refractivity (Wildman–Crippen MR) is 87.6 cm³/mol. The Bertz CT molecular complexity index is 815. The molecular formula is C17H18F3N3O3. The number of amides is 1. The van der Waals surface area contributed by atoms with Crippen LogP contribution in [0.25, 0.3) is 11.4 Å². The predicted octanol–water partition coefficient (Wildman–Crippen LogP) is 3.39. The fourth-order valence-corrected chi connectivity index (χ4v) is 2.43. The Morgan fingerprint density at radius 2 is 2.04 bits per heavy atom. The van der Waals surface area contributed by atoms with Crippen LogP contribution in [0.5, 0.6) is 0 Å². The SMILES string of the molecule is CCCC(NC(=O)c1nc(-c2cccc(C(F)(F)F)c2)[nH]c1C)C(=O)O. The van der Waals surface area contributed by atoms with Gasteiger partial charge in [0.1, 0.15) is 17.6 Å². The molecule has 140 valence electrons. The third-order valence-electron chi connectivity index (χ3n) is 3.74. The van der Waals surface area contributed by atoms with Gasteiger partial charge in [-0.25, -0.2) is 9.78 Å². The highest BCUT2D eigenvalue weighted by atomic mass is 19.4. The van der Waals surface area contributed by atoms with Gasteiger partial charge in [-0.15, -0.1) is 0 Å². The second-order valence-corrected chi connectivity index (χ2v) is 5.79. The van der Waals surface area contributed by atoms with Gasteiger partial charge in [-0.2, -0.15) is 13.2 Å². The van der Waals surface area contributed by atoms with Crippen molar-refractivity contribution in [3.63, 3.8) is 0 Å². The monoisotopic (exact) mass is 369 g/mol. The number of H-pyrrole nitrogens is 1. The number of carboxylic acids is 1. The highest BCUT2D eigenvalue weighted by molar-refractivity contribution is 5.96. The lowest BCUT2D eigenvalue weighted by Crippen LogP contribution is -2.41. The number of alkyl halides is 3. The van der Waals surface area contributed by atoms with E-state index in [1.165, 1.54) is 19.1 Å². The summed E-state index contributed by atoms with van der Waals surface area (Å²) in [6, 6.07) is 3.50. The number of aromatic nitrogens is 2. The quantitative estimate of drug-likeness (QED) is 0.727. The normalized spacial score (nSPS) is 12.7. The molecule has 6 nitrogen and oxygen atoms in total. The lowest BCUT2D eigenvalue weighted by atomic mass is 10.1. The van der Waals surface area contributed by atoms with Crippen LogP contribution in [0.15, 0.2) is 24.3 Å². The minimum absolute atomic E-state index is 0.0558. The number of benzene rings is 1. The first kappa shape index (κ1) is 19.5. The summed E-state index contributed by atoms with van der Waals surface area (Å²) >= 11 is 0. The van der Waals surface area contributed by atoms with Crippen molar-refractivity contribution in [2.75, 3.05) is 0 Å². The Morgan fingerprint density at radius 1 is 1.35 bits per heavy atom. The maximum absolute atomic E-state index is 12.8. The highest BCUT2D eigenvalue weighted by Crippen LogP contribution is 2.31. The molecule has 0 aliphatic heterocycles. The number of nitrogens with one attached hydrogen (secondary N) is 2. The van der Waals surface area contributed by atoms with E-state index >= 15 is 0 Å². The Labute approximate surface area is 147 Å². The summed E-state index contributed by atoms with van der Waals surface area (Å²) in [5.74, 6) is -1.76. The van der Waals surface area contributed by atoms with E-state index in [1.54, 1.807) is 6.92 Å². The number of halogens is 3. The number of carbonyl (C=O) groups excluding carboxylic acids is 1. The maximum atomic E-state index is 12.8. The van der Waals surface area contributed by atoms with Crippen molar-refractivity contribution in [3.05, 3.63) is 41.2 Å². The fraction of sp³-hybridized carbons (Fsp3) is 0.353. The molecule has 0 radical (unpaired) electrons. The van der Waals surface area contributed by atoms with Crippen LogP contribution < -0.4 is 5.32 Å². The Kier molecular flexibility index (Phi) is 5.69. The van der Waals surface area contributed by atoms with Crippen LogP contribution in [-0.2, 0) is 11.0 Å². The third kappa shape index (κ3) is 4.41. The Balaban J connectivity index is 2.29. The number of hydrogen-bond donors (Lipinski definition) is 3. The van der Waals surface area contributed by atoms with Crippen molar-refractivity contribution >= 4 is 11.9 Å². The number of rotatable bonds is 6. The van der Waals surface area contributed by atoms with Crippen molar-refractivity contribution in [1.82, 2.24) is 15.3 Å². The van der Waals surface area contributed by atoms with Crippen LogP contribution in [0.3, 0.4) is 0 Å². The van der Waals surface area contributed by atoms with Crippen LogP contribution >= 0.6 is 0 Å². The van der Waals surface area contributed by atoms with E-state index in [1.807, 2.05) is 0 Å². The van der Waals surface area contributed by atoms with Crippen molar-refractivity contribution in [1.29, 1.82) is 0 Å². The first-order valence-electron chi connectivity index (χ1n) is 7.91. The van der Waals surface area contributed by atoms with E-state index < -0.39 is 29.7 Å². The molecule has 9 heteroatoms. The molecule has 0 fully saturated rings. The van der Waals surface area contributed by atoms with Gasteiger partial charge in [0, 0.05) is 11.3 Å². The second kappa shape index (κ2) is 7.59. The smallest absolute Gasteiger partial charge is 0.416 e. The number of hydrogen-bond acceptors (Lipinski definition) is 3. The maximum Gasteiger partial charge on any atom is 0.416 e. The molecule has 1 unspecified atom stereocenters. The van der Waals surface area contributed by atoms with E-state index in [0.29, 0.717) is 12.1 Å². The summed E-state index contributed by atoms with van der Waals surface area (Å²) in [5, 5.41) is 11.5. The molecule has 0 aliphatic rings. The van der Waals surface area contributed by atoms with Gasteiger partial charge in [-0.05, 0) is 25.5 Å². The number of nitrogens with zero attached hydrogens (tertiary/aromatic N) is 1. The van der Waals surface area contributed by atoms with Crippen LogP contribution in [0, 0.1) is 6.92 Å². The average molecular weight is 369 g/mol. The molecule has 0 bridgehead atoms. The average Bonchev–Trinajstić information content (AvgIpc) is 2.95. The molecule has 26 heavy (non-hydrogen) atoms. The zero-order valence-corrected chi connectivity index (χ0v) is 14.1. The molecule has 2 rings (SSSR count). The molecule has 1 heterocycles. The molecule has 3 N–H and O–H groups in total. The van der Waals surface area contributed by atoms with Gasteiger partial charge in [-0.3, -0.25) is 4.79 Å². The molecule has 0 saturated carbocycles. The van der Waals surface area contributed by atoms with Crippen molar-refractivity contribution in [2.45, 2.75) is 38.9 Å². The number of aliphatic carboxylic acids is 1. The van der Waals surface area contributed by atoms with Gasteiger partial charge < -0.3 is 15.4 Å². The van der Waals surface area contributed by atoms with Gasteiger partial charge >= 0.3 is 12.1 Å². The summed E-state index contributed by atoms with van der Waals surface area (Å²) in [6.07, 6.45) is -3.68. The molecule has 0 aliphatic carbocycles. The van der Waals surface area contributed by atoms with Crippen molar-refractivity contribution in [2.24, 2.45) is 0 Å². The van der Waals surface area contributed by atoms with E-state index in [2.05, 4.69) is 15.3 Å². The second-order valence-electron chi connectivity index (χ2n) is 5.79. The van der Waals surface area contributed by atoms with Crippen LogP contribution in [0.2, 0.25) is 0 Å². The van der Waals surface area contributed by atoms with Crippen molar-refractivity contribution in [3.8, 4) is 11.4 Å². The van der Waals surface area contributed by atoms with Crippen LogP contribution in [0.4, 0.5) is 13.2 Å². The van der Waals surface area contributed by atoms with Crippen LogP contribution in [-0.4, -0.2) is 33.0 Å². The van der Waals surface area contributed by atoms with Gasteiger partial charge in [0.05, 0.1) is 5.56 Å². The number of aromatic amines is 1. The number of carboxylic acid groups (broad SMARTS) is 1. The molecule has 1 aromatic carbocycles. The van der Waals surface area contributed by atoms with E-state index in [0.717, 1.165) is 12.1 Å². The minimum atomic E-state index is -4.49. The van der Waals surface area contributed by atoms with Gasteiger partial charge in [-0.1, -0.05) is 25.5 Å². The molecule has 0 spiro atoms. The molecule has 2 aromatic rings. The largest absolute Gasteiger partial charge is 0.480 e. The van der Waals surface area contributed by atoms with Crippen molar-refractivity contribution < 1.29 is 27.9 Å². The molecule has 1 amide bonds.